The van der Waals surface area contributed by atoms with Gasteiger partial charge in [0.25, 0.3) is 0 Å². The van der Waals surface area contributed by atoms with Crippen LogP contribution in [-0.2, 0) is 11.2 Å². The van der Waals surface area contributed by atoms with Gasteiger partial charge in [-0.25, -0.2) is 9.18 Å². The number of halogens is 3. The van der Waals surface area contributed by atoms with E-state index in [4.69, 9.17) is 16.3 Å². The minimum absolute atomic E-state index is 0.110. The van der Waals surface area contributed by atoms with Crippen LogP contribution in [0.3, 0.4) is 0 Å². The first kappa shape index (κ1) is 16.8. The smallest absolute Gasteiger partial charge is 0.410 e. The number of hydrogen-bond donors (Lipinski definition) is 0. The lowest BCUT2D eigenvalue weighted by atomic mass is 10.1. The molecule has 0 spiro atoms. The van der Waals surface area contributed by atoms with Crippen molar-refractivity contribution in [3.05, 3.63) is 26.9 Å². The van der Waals surface area contributed by atoms with Crippen LogP contribution in [0.25, 0.3) is 0 Å². The maximum atomic E-state index is 13.8. The zero-order valence-corrected chi connectivity index (χ0v) is 15.7. The van der Waals surface area contributed by atoms with Crippen molar-refractivity contribution in [3.8, 4) is 0 Å². The Bertz CT molecular complexity index is 662. The van der Waals surface area contributed by atoms with Gasteiger partial charge in [-0.05, 0) is 54.8 Å². The van der Waals surface area contributed by atoms with Crippen LogP contribution in [0.5, 0.6) is 0 Å². The fourth-order valence-corrected chi connectivity index (χ4v) is 3.99. The van der Waals surface area contributed by atoms with Crippen molar-refractivity contribution in [3.63, 3.8) is 0 Å². The molecular formula is C16H19BrClFN2O2. The van der Waals surface area contributed by atoms with Crippen LogP contribution in [0, 0.1) is 5.82 Å². The number of anilines is 1. The molecule has 0 aromatic heterocycles. The lowest BCUT2D eigenvalue weighted by molar-refractivity contribution is 0.0217. The van der Waals surface area contributed by atoms with E-state index in [9.17, 15) is 9.18 Å². The Hall–Kier alpha value is -1.01. The number of carbonyl (C=O) groups excluding carboxylic acids is 1. The Labute approximate surface area is 148 Å². The van der Waals surface area contributed by atoms with E-state index < -0.39 is 11.4 Å². The van der Waals surface area contributed by atoms with Crippen LogP contribution in [-0.4, -0.2) is 42.3 Å². The summed E-state index contributed by atoms with van der Waals surface area (Å²) in [5.41, 5.74) is 1.37. The molecular weight excluding hydrogens is 387 g/mol. The van der Waals surface area contributed by atoms with Crippen LogP contribution in [0.2, 0.25) is 5.02 Å². The molecule has 0 saturated carbocycles. The number of fused-ring (bicyclic) bond motifs is 3. The van der Waals surface area contributed by atoms with Crippen molar-refractivity contribution in [2.24, 2.45) is 0 Å². The Balaban J connectivity index is 1.79. The molecule has 0 N–H and O–H groups in total. The van der Waals surface area contributed by atoms with Crippen molar-refractivity contribution in [2.75, 3.05) is 24.5 Å². The fourth-order valence-electron chi connectivity index (χ4n) is 3.17. The molecule has 7 heteroatoms. The number of rotatable bonds is 0. The molecule has 1 saturated heterocycles. The van der Waals surface area contributed by atoms with Gasteiger partial charge in [-0.15, -0.1) is 0 Å². The molecule has 0 bridgehead atoms. The third kappa shape index (κ3) is 3.15. The zero-order valence-electron chi connectivity index (χ0n) is 13.3. The SMILES string of the molecule is CC(C)(C)OC(=O)N1CCN2c3c(cc(F)c(Cl)c3Br)CC2C1. The lowest BCUT2D eigenvalue weighted by Gasteiger charge is -2.39. The van der Waals surface area contributed by atoms with E-state index in [1.54, 1.807) is 4.90 Å². The molecule has 1 amide bonds. The van der Waals surface area contributed by atoms with Gasteiger partial charge in [0.2, 0.25) is 0 Å². The normalized spacial score (nSPS) is 20.3. The summed E-state index contributed by atoms with van der Waals surface area (Å²) >= 11 is 9.42. The molecule has 2 heterocycles. The van der Waals surface area contributed by atoms with Gasteiger partial charge in [-0.3, -0.25) is 0 Å². The van der Waals surface area contributed by atoms with E-state index in [1.807, 2.05) is 20.8 Å². The number of amides is 1. The van der Waals surface area contributed by atoms with Crippen molar-refractivity contribution in [2.45, 2.75) is 38.8 Å². The van der Waals surface area contributed by atoms with Gasteiger partial charge in [0.15, 0.2) is 0 Å². The van der Waals surface area contributed by atoms with Gasteiger partial charge in [-0.2, -0.15) is 0 Å². The van der Waals surface area contributed by atoms with Gasteiger partial charge in [-0.1, -0.05) is 11.6 Å². The summed E-state index contributed by atoms with van der Waals surface area (Å²) < 4.78 is 19.9. The predicted octanol–water partition coefficient (Wildman–Crippen LogP) is 4.22. The Morgan fingerprint density at radius 2 is 2.13 bits per heavy atom. The largest absolute Gasteiger partial charge is 0.444 e. The highest BCUT2D eigenvalue weighted by Gasteiger charge is 2.39. The van der Waals surface area contributed by atoms with Gasteiger partial charge in [0.1, 0.15) is 11.4 Å². The van der Waals surface area contributed by atoms with Crippen molar-refractivity contribution < 1.29 is 13.9 Å². The molecule has 1 unspecified atom stereocenters. The number of carbonyl (C=O) groups is 1. The number of ether oxygens (including phenoxy) is 1. The highest BCUT2D eigenvalue weighted by Crippen LogP contribution is 2.44. The van der Waals surface area contributed by atoms with Crippen LogP contribution in [0.15, 0.2) is 10.5 Å². The Morgan fingerprint density at radius 3 is 2.78 bits per heavy atom. The minimum atomic E-state index is -0.507. The van der Waals surface area contributed by atoms with Gasteiger partial charge >= 0.3 is 6.09 Å². The summed E-state index contributed by atoms with van der Waals surface area (Å²) in [5, 5.41) is 0.110. The highest BCUT2D eigenvalue weighted by molar-refractivity contribution is 9.10. The van der Waals surface area contributed by atoms with E-state index in [0.717, 1.165) is 11.3 Å². The first-order valence-corrected chi connectivity index (χ1v) is 8.75. The minimum Gasteiger partial charge on any atom is -0.444 e. The van der Waals surface area contributed by atoms with Crippen LogP contribution in [0.1, 0.15) is 26.3 Å². The van der Waals surface area contributed by atoms with E-state index in [2.05, 4.69) is 20.8 Å². The third-order valence-electron chi connectivity index (χ3n) is 4.09. The first-order chi connectivity index (χ1) is 10.7. The topological polar surface area (TPSA) is 32.8 Å². The monoisotopic (exact) mass is 404 g/mol. The van der Waals surface area contributed by atoms with Crippen LogP contribution in [0.4, 0.5) is 14.9 Å². The first-order valence-electron chi connectivity index (χ1n) is 7.58. The second kappa shape index (κ2) is 5.81. The summed E-state index contributed by atoms with van der Waals surface area (Å²) in [7, 11) is 0. The van der Waals surface area contributed by atoms with Crippen molar-refractivity contribution in [1.82, 2.24) is 4.90 Å². The summed E-state index contributed by atoms with van der Waals surface area (Å²) in [4.78, 5) is 16.2. The number of nitrogens with zero attached hydrogens (tertiary/aromatic N) is 2. The van der Waals surface area contributed by atoms with Crippen LogP contribution < -0.4 is 4.90 Å². The molecule has 2 aliphatic heterocycles. The molecule has 1 fully saturated rings. The van der Waals surface area contributed by atoms with E-state index >= 15 is 0 Å². The maximum absolute atomic E-state index is 13.8. The van der Waals surface area contributed by atoms with E-state index in [0.29, 0.717) is 30.5 Å². The highest BCUT2D eigenvalue weighted by atomic mass is 79.9. The molecule has 1 aromatic rings. The summed E-state index contributed by atoms with van der Waals surface area (Å²) in [5.74, 6) is -0.416. The van der Waals surface area contributed by atoms with Crippen molar-refractivity contribution in [1.29, 1.82) is 0 Å². The number of benzene rings is 1. The maximum Gasteiger partial charge on any atom is 0.410 e. The van der Waals surface area contributed by atoms with Crippen molar-refractivity contribution >= 4 is 39.3 Å². The van der Waals surface area contributed by atoms with E-state index in [1.165, 1.54) is 6.07 Å². The number of piperazine rings is 1. The molecule has 3 rings (SSSR count). The summed E-state index contributed by atoms with van der Waals surface area (Å²) in [6, 6.07) is 1.62. The third-order valence-corrected chi connectivity index (χ3v) is 5.46. The molecule has 126 valence electrons. The standard InChI is InChI=1S/C16H19BrClFN2O2/c1-16(2,3)23-15(22)20-4-5-21-10(8-20)6-9-7-11(19)13(18)12(17)14(9)21/h7,10H,4-6,8H2,1-3H3. The molecule has 0 radical (unpaired) electrons. The lowest BCUT2D eigenvalue weighted by Crippen LogP contribution is -2.54. The fraction of sp³-hybridized carbons (Fsp3) is 0.562. The quantitative estimate of drug-likeness (QED) is 0.606. The second-order valence-corrected chi connectivity index (χ2v) is 8.14. The molecule has 1 atom stereocenters. The molecule has 1 aromatic carbocycles. The Kier molecular flexibility index (Phi) is 4.25. The zero-order chi connectivity index (χ0) is 16.9. The molecule has 4 nitrogen and oxygen atoms in total. The average molecular weight is 406 g/mol. The second-order valence-electron chi connectivity index (χ2n) is 6.97. The summed E-state index contributed by atoms with van der Waals surface area (Å²) in [6.07, 6.45) is 0.401. The molecule has 0 aliphatic carbocycles. The predicted molar refractivity (Wildman–Crippen MR) is 91.8 cm³/mol. The van der Waals surface area contributed by atoms with Gasteiger partial charge in [0, 0.05) is 19.6 Å². The van der Waals surface area contributed by atoms with Gasteiger partial charge in [0.05, 0.1) is 21.2 Å². The van der Waals surface area contributed by atoms with E-state index in [-0.39, 0.29) is 17.2 Å². The number of hydrogen-bond acceptors (Lipinski definition) is 3. The summed E-state index contributed by atoms with van der Waals surface area (Å²) in [6.45, 7) is 7.39. The van der Waals surface area contributed by atoms with Crippen LogP contribution >= 0.6 is 27.5 Å². The Morgan fingerprint density at radius 1 is 1.43 bits per heavy atom. The van der Waals surface area contributed by atoms with Gasteiger partial charge < -0.3 is 14.5 Å². The molecule has 2 aliphatic rings. The molecule has 23 heavy (non-hydrogen) atoms. The average Bonchev–Trinajstić information content (AvgIpc) is 2.80.